The summed E-state index contributed by atoms with van der Waals surface area (Å²) in [5, 5.41) is 7.57. The molecule has 2 aromatic heterocycles. The minimum absolute atomic E-state index is 0.0513. The lowest BCUT2D eigenvalue weighted by atomic mass is 10.1. The molecule has 0 aliphatic carbocycles. The SMILES string of the molecule is COc1ccc(OC)c2[nH]c(C(=O)NCCNC(=O)CCc3c[nH]c4ccccc34)cc12. The first-order valence-corrected chi connectivity index (χ1v) is 10.4. The van der Waals surface area contributed by atoms with Crippen molar-refractivity contribution >= 4 is 33.6 Å². The number of ether oxygens (including phenoxy) is 2. The third-order valence-electron chi connectivity index (χ3n) is 5.43. The van der Waals surface area contributed by atoms with Crippen LogP contribution in [-0.2, 0) is 11.2 Å². The molecule has 0 aliphatic rings. The minimum atomic E-state index is -0.265. The summed E-state index contributed by atoms with van der Waals surface area (Å²) >= 11 is 0. The number of carbonyl (C=O) groups is 2. The Balaban J connectivity index is 1.26. The maximum atomic E-state index is 12.5. The summed E-state index contributed by atoms with van der Waals surface area (Å²) < 4.78 is 10.7. The van der Waals surface area contributed by atoms with Crippen LogP contribution in [0.5, 0.6) is 11.5 Å². The first kappa shape index (κ1) is 21.3. The summed E-state index contributed by atoms with van der Waals surface area (Å²) in [5.74, 6) is 0.962. The highest BCUT2D eigenvalue weighted by molar-refractivity contribution is 6.01. The number of methoxy groups -OCH3 is 2. The van der Waals surface area contributed by atoms with Crippen molar-refractivity contribution in [3.63, 3.8) is 0 Å². The second-order valence-electron chi connectivity index (χ2n) is 7.41. The Labute approximate surface area is 185 Å². The van der Waals surface area contributed by atoms with Crippen LogP contribution in [-0.4, -0.2) is 49.1 Å². The Bertz CT molecular complexity index is 1220. The average molecular weight is 434 g/mol. The van der Waals surface area contributed by atoms with Gasteiger partial charge in [-0.1, -0.05) is 18.2 Å². The highest BCUT2D eigenvalue weighted by Gasteiger charge is 2.15. The lowest BCUT2D eigenvalue weighted by Gasteiger charge is -2.06. The molecule has 0 spiro atoms. The zero-order chi connectivity index (χ0) is 22.5. The Morgan fingerprint density at radius 2 is 1.69 bits per heavy atom. The molecule has 4 rings (SSSR count). The van der Waals surface area contributed by atoms with Crippen LogP contribution in [0.15, 0.2) is 48.7 Å². The monoisotopic (exact) mass is 434 g/mol. The molecule has 0 saturated carbocycles. The van der Waals surface area contributed by atoms with E-state index in [4.69, 9.17) is 9.47 Å². The number of aryl methyl sites for hydroxylation is 1. The number of hydrogen-bond donors (Lipinski definition) is 4. The van der Waals surface area contributed by atoms with E-state index in [1.807, 2.05) is 30.5 Å². The van der Waals surface area contributed by atoms with E-state index < -0.39 is 0 Å². The van der Waals surface area contributed by atoms with Gasteiger partial charge < -0.3 is 30.1 Å². The van der Waals surface area contributed by atoms with Crippen molar-refractivity contribution in [3.8, 4) is 11.5 Å². The number of aromatic nitrogens is 2. The molecule has 0 atom stereocenters. The molecule has 0 radical (unpaired) electrons. The molecule has 4 aromatic rings. The molecular weight excluding hydrogens is 408 g/mol. The van der Waals surface area contributed by atoms with Gasteiger partial charge in [-0.3, -0.25) is 9.59 Å². The van der Waals surface area contributed by atoms with Gasteiger partial charge in [-0.25, -0.2) is 0 Å². The summed E-state index contributed by atoms with van der Waals surface area (Å²) in [6, 6.07) is 13.3. The van der Waals surface area contributed by atoms with Crippen LogP contribution in [0.25, 0.3) is 21.8 Å². The highest BCUT2D eigenvalue weighted by Crippen LogP contribution is 2.33. The van der Waals surface area contributed by atoms with Gasteiger partial charge in [-0.05, 0) is 36.2 Å². The number of carbonyl (C=O) groups excluding carboxylic acids is 2. The van der Waals surface area contributed by atoms with Crippen LogP contribution in [0.4, 0.5) is 0 Å². The fraction of sp³-hybridized carbons (Fsp3) is 0.250. The van der Waals surface area contributed by atoms with Gasteiger partial charge in [0.05, 0.1) is 19.7 Å². The molecule has 32 heavy (non-hydrogen) atoms. The maximum absolute atomic E-state index is 12.5. The van der Waals surface area contributed by atoms with Crippen molar-refractivity contribution in [3.05, 3.63) is 59.9 Å². The lowest BCUT2D eigenvalue weighted by Crippen LogP contribution is -2.34. The quantitative estimate of drug-likeness (QED) is 0.304. The number of H-pyrrole nitrogens is 2. The molecule has 0 bridgehead atoms. The largest absolute Gasteiger partial charge is 0.496 e. The van der Waals surface area contributed by atoms with Crippen molar-refractivity contribution in [1.82, 2.24) is 20.6 Å². The predicted octanol–water partition coefficient (Wildman–Crippen LogP) is 3.15. The fourth-order valence-electron chi connectivity index (χ4n) is 3.79. The van der Waals surface area contributed by atoms with Gasteiger partial charge in [0, 0.05) is 42.0 Å². The summed E-state index contributed by atoms with van der Waals surface area (Å²) in [7, 11) is 3.15. The number of rotatable bonds is 9. The second kappa shape index (κ2) is 9.47. The number of amides is 2. The summed E-state index contributed by atoms with van der Waals surface area (Å²) in [4.78, 5) is 31.0. The molecule has 8 heteroatoms. The van der Waals surface area contributed by atoms with Crippen molar-refractivity contribution in [2.24, 2.45) is 0 Å². The third-order valence-corrected chi connectivity index (χ3v) is 5.43. The Kier molecular flexibility index (Phi) is 6.30. The van der Waals surface area contributed by atoms with Crippen LogP contribution >= 0.6 is 0 Å². The summed E-state index contributed by atoms with van der Waals surface area (Å²) in [5.41, 5.74) is 3.28. The number of fused-ring (bicyclic) bond motifs is 2. The standard InChI is InChI=1S/C24H26N4O4/c1-31-20-8-9-21(32-2)23-17(20)13-19(28-23)24(30)26-12-11-25-22(29)10-7-15-14-27-18-6-4-3-5-16(15)18/h3-6,8-9,13-14,27-28H,7,10-12H2,1-2H3,(H,25,29)(H,26,30). The summed E-state index contributed by atoms with van der Waals surface area (Å²) in [6.07, 6.45) is 2.99. The van der Waals surface area contributed by atoms with Gasteiger partial charge in [0.25, 0.3) is 5.91 Å². The van der Waals surface area contributed by atoms with E-state index >= 15 is 0 Å². The van der Waals surface area contributed by atoms with Crippen molar-refractivity contribution in [2.45, 2.75) is 12.8 Å². The molecule has 0 fully saturated rings. The van der Waals surface area contributed by atoms with E-state index in [1.54, 1.807) is 32.4 Å². The molecule has 0 aliphatic heterocycles. The molecule has 0 saturated heterocycles. The number of aromatic amines is 2. The Morgan fingerprint density at radius 3 is 2.50 bits per heavy atom. The predicted molar refractivity (Wildman–Crippen MR) is 123 cm³/mol. The number of benzene rings is 2. The van der Waals surface area contributed by atoms with Crippen LogP contribution in [0.2, 0.25) is 0 Å². The smallest absolute Gasteiger partial charge is 0.267 e. The molecule has 2 amide bonds. The van der Waals surface area contributed by atoms with Crippen LogP contribution < -0.4 is 20.1 Å². The minimum Gasteiger partial charge on any atom is -0.496 e. The number of para-hydroxylation sites is 1. The van der Waals surface area contributed by atoms with Gasteiger partial charge in [0.2, 0.25) is 5.91 Å². The van der Waals surface area contributed by atoms with E-state index in [9.17, 15) is 9.59 Å². The first-order valence-electron chi connectivity index (χ1n) is 10.4. The van der Waals surface area contributed by atoms with E-state index in [2.05, 4.69) is 20.6 Å². The van der Waals surface area contributed by atoms with Gasteiger partial charge in [-0.15, -0.1) is 0 Å². The van der Waals surface area contributed by atoms with Gasteiger partial charge in [0.15, 0.2) is 0 Å². The molecule has 2 aromatic carbocycles. The molecule has 2 heterocycles. The average Bonchev–Trinajstić information content (AvgIpc) is 3.44. The first-order chi connectivity index (χ1) is 15.6. The molecular formula is C24H26N4O4. The Hall–Kier alpha value is -3.94. The van der Waals surface area contributed by atoms with E-state index in [-0.39, 0.29) is 11.8 Å². The van der Waals surface area contributed by atoms with Crippen LogP contribution in [0, 0.1) is 0 Å². The molecule has 166 valence electrons. The van der Waals surface area contributed by atoms with Crippen LogP contribution in [0.3, 0.4) is 0 Å². The third kappa shape index (κ3) is 4.39. The topological polar surface area (TPSA) is 108 Å². The zero-order valence-electron chi connectivity index (χ0n) is 18.1. The summed E-state index contributed by atoms with van der Waals surface area (Å²) in [6.45, 7) is 0.673. The zero-order valence-corrected chi connectivity index (χ0v) is 18.1. The van der Waals surface area contributed by atoms with E-state index in [0.717, 1.165) is 21.9 Å². The van der Waals surface area contributed by atoms with Crippen LogP contribution in [0.1, 0.15) is 22.5 Å². The molecule has 0 unspecified atom stereocenters. The van der Waals surface area contributed by atoms with E-state index in [0.29, 0.717) is 48.6 Å². The normalized spacial score (nSPS) is 10.9. The van der Waals surface area contributed by atoms with Crippen molar-refractivity contribution in [1.29, 1.82) is 0 Å². The number of hydrogen-bond acceptors (Lipinski definition) is 4. The van der Waals surface area contributed by atoms with Crippen molar-refractivity contribution in [2.75, 3.05) is 27.3 Å². The maximum Gasteiger partial charge on any atom is 0.267 e. The fourth-order valence-corrected chi connectivity index (χ4v) is 3.79. The Morgan fingerprint density at radius 1 is 0.938 bits per heavy atom. The van der Waals surface area contributed by atoms with Gasteiger partial charge in [-0.2, -0.15) is 0 Å². The van der Waals surface area contributed by atoms with Gasteiger partial charge >= 0.3 is 0 Å². The molecule has 8 nitrogen and oxygen atoms in total. The highest BCUT2D eigenvalue weighted by atomic mass is 16.5. The number of nitrogens with one attached hydrogen (secondary N) is 4. The lowest BCUT2D eigenvalue weighted by molar-refractivity contribution is -0.121. The molecule has 4 N–H and O–H groups in total. The van der Waals surface area contributed by atoms with Crippen molar-refractivity contribution < 1.29 is 19.1 Å². The van der Waals surface area contributed by atoms with Gasteiger partial charge in [0.1, 0.15) is 17.2 Å². The second-order valence-corrected chi connectivity index (χ2v) is 7.41. The van der Waals surface area contributed by atoms with E-state index in [1.165, 1.54) is 0 Å².